The number of carbonyl (C=O) groups excluding carboxylic acids is 1. The second-order valence-corrected chi connectivity index (χ2v) is 3.24. The van der Waals surface area contributed by atoms with E-state index in [1.807, 2.05) is 0 Å². The summed E-state index contributed by atoms with van der Waals surface area (Å²) < 4.78 is 17.7. The summed E-state index contributed by atoms with van der Waals surface area (Å²) in [5.41, 5.74) is 0. The van der Waals surface area contributed by atoms with Crippen molar-refractivity contribution in [1.82, 2.24) is 5.32 Å². The summed E-state index contributed by atoms with van der Waals surface area (Å²) in [6.45, 7) is -0.232. The molecule has 0 spiro atoms. The highest BCUT2D eigenvalue weighted by atomic mass is 19.1. The third kappa shape index (κ3) is 5.50. The summed E-state index contributed by atoms with van der Waals surface area (Å²) in [4.78, 5) is 21.3. The van der Waals surface area contributed by atoms with Crippen LogP contribution in [0.2, 0.25) is 0 Å². The van der Waals surface area contributed by atoms with Gasteiger partial charge in [-0.2, -0.15) is 0 Å². The predicted octanol–water partition coefficient (Wildman–Crippen LogP) is 0.795. The van der Waals surface area contributed by atoms with E-state index in [1.165, 1.54) is 18.2 Å². The van der Waals surface area contributed by atoms with Gasteiger partial charge in [0, 0.05) is 12.6 Å². The Bertz CT molecular complexity index is 408. The molecule has 6 heteroatoms. The highest BCUT2D eigenvalue weighted by molar-refractivity contribution is 5.78. The van der Waals surface area contributed by atoms with Gasteiger partial charge in [-0.05, 0) is 12.1 Å². The molecule has 1 rings (SSSR count). The minimum Gasteiger partial charge on any atom is -0.484 e. The molecule has 0 aliphatic heterocycles. The Kier molecular flexibility index (Phi) is 4.93. The molecule has 17 heavy (non-hydrogen) atoms. The molecule has 0 radical (unpaired) electrons. The molecule has 2 N–H and O–H groups in total. The van der Waals surface area contributed by atoms with E-state index >= 15 is 0 Å². The van der Waals surface area contributed by atoms with Crippen LogP contribution < -0.4 is 10.1 Å². The van der Waals surface area contributed by atoms with Crippen LogP contribution in [0, 0.1) is 5.82 Å². The van der Waals surface area contributed by atoms with Crippen molar-refractivity contribution < 1.29 is 23.8 Å². The van der Waals surface area contributed by atoms with Crippen LogP contribution in [0.4, 0.5) is 4.39 Å². The summed E-state index contributed by atoms with van der Waals surface area (Å²) >= 11 is 0. The zero-order valence-corrected chi connectivity index (χ0v) is 8.98. The Labute approximate surface area is 97.2 Å². The number of amides is 1. The summed E-state index contributed by atoms with van der Waals surface area (Å²) in [6, 6.07) is 5.41. The van der Waals surface area contributed by atoms with Gasteiger partial charge in [0.05, 0.1) is 6.42 Å². The van der Waals surface area contributed by atoms with Gasteiger partial charge in [0.25, 0.3) is 5.91 Å². The molecule has 92 valence electrons. The Balaban J connectivity index is 2.26. The Hall–Kier alpha value is -2.11. The maximum Gasteiger partial charge on any atom is 0.305 e. The van der Waals surface area contributed by atoms with Crippen LogP contribution in [0.25, 0.3) is 0 Å². The fraction of sp³-hybridized carbons (Fsp3) is 0.273. The van der Waals surface area contributed by atoms with Crippen LogP contribution in [-0.2, 0) is 9.59 Å². The number of ether oxygens (including phenoxy) is 1. The first-order valence-corrected chi connectivity index (χ1v) is 4.95. The van der Waals surface area contributed by atoms with Crippen molar-refractivity contribution in [3.63, 3.8) is 0 Å². The highest BCUT2D eigenvalue weighted by Gasteiger charge is 2.04. The van der Waals surface area contributed by atoms with Crippen LogP contribution >= 0.6 is 0 Å². The predicted molar refractivity (Wildman–Crippen MR) is 57.2 cm³/mol. The van der Waals surface area contributed by atoms with Gasteiger partial charge in [0.2, 0.25) is 0 Å². The molecule has 0 saturated carbocycles. The van der Waals surface area contributed by atoms with Gasteiger partial charge in [-0.1, -0.05) is 6.07 Å². The number of hydrogen-bond donors (Lipinski definition) is 2. The van der Waals surface area contributed by atoms with Crippen molar-refractivity contribution in [3.8, 4) is 5.75 Å². The number of halogens is 1. The molecule has 0 unspecified atom stereocenters. The first kappa shape index (κ1) is 13.0. The molecule has 1 aromatic rings. The fourth-order valence-electron chi connectivity index (χ4n) is 1.07. The average Bonchev–Trinajstić information content (AvgIpc) is 2.26. The van der Waals surface area contributed by atoms with Gasteiger partial charge in [0.1, 0.15) is 11.6 Å². The minimum atomic E-state index is -0.989. The molecule has 0 heterocycles. The molecule has 0 atom stereocenters. The molecule has 1 aromatic carbocycles. The highest BCUT2D eigenvalue weighted by Crippen LogP contribution is 2.11. The quantitative estimate of drug-likeness (QED) is 0.772. The lowest BCUT2D eigenvalue weighted by atomic mass is 10.3. The van der Waals surface area contributed by atoms with E-state index < -0.39 is 17.7 Å². The molecule has 0 aliphatic carbocycles. The van der Waals surface area contributed by atoms with Gasteiger partial charge in [-0.3, -0.25) is 9.59 Å². The van der Waals surface area contributed by atoms with Crippen molar-refractivity contribution >= 4 is 11.9 Å². The molecule has 0 bridgehead atoms. The summed E-state index contributed by atoms with van der Waals surface area (Å²) in [7, 11) is 0. The number of carbonyl (C=O) groups is 2. The standard InChI is InChI=1S/C11H12FNO4/c12-8-2-1-3-9(6-8)17-7-10(14)13-5-4-11(15)16/h1-3,6H,4-5,7H2,(H,13,14)(H,15,16). The van der Waals surface area contributed by atoms with Gasteiger partial charge in [0.15, 0.2) is 6.61 Å². The Morgan fingerprint density at radius 3 is 2.82 bits per heavy atom. The third-order valence-corrected chi connectivity index (χ3v) is 1.83. The number of nitrogens with one attached hydrogen (secondary N) is 1. The number of aliphatic carboxylic acids is 1. The number of benzene rings is 1. The second kappa shape index (κ2) is 6.47. The first-order valence-electron chi connectivity index (χ1n) is 4.95. The van der Waals surface area contributed by atoms with Gasteiger partial charge >= 0.3 is 5.97 Å². The summed E-state index contributed by atoms with van der Waals surface area (Å²) in [5, 5.41) is 10.7. The van der Waals surface area contributed by atoms with E-state index in [1.54, 1.807) is 0 Å². The lowest BCUT2D eigenvalue weighted by molar-refractivity contribution is -0.137. The normalized spacial score (nSPS) is 9.71. The van der Waals surface area contributed by atoms with Crippen LogP contribution in [0.15, 0.2) is 24.3 Å². The SMILES string of the molecule is O=C(O)CCNC(=O)COc1cccc(F)c1. The van der Waals surface area contributed by atoms with E-state index in [-0.39, 0.29) is 25.3 Å². The molecule has 0 aliphatic rings. The van der Waals surface area contributed by atoms with Crippen LogP contribution in [0.1, 0.15) is 6.42 Å². The van der Waals surface area contributed by atoms with Crippen molar-refractivity contribution in [2.24, 2.45) is 0 Å². The molecular weight excluding hydrogens is 229 g/mol. The topological polar surface area (TPSA) is 75.6 Å². The monoisotopic (exact) mass is 241 g/mol. The van der Waals surface area contributed by atoms with Crippen LogP contribution in [0.3, 0.4) is 0 Å². The fourth-order valence-corrected chi connectivity index (χ4v) is 1.07. The molecule has 5 nitrogen and oxygen atoms in total. The number of carboxylic acid groups (broad SMARTS) is 1. The molecule has 0 aromatic heterocycles. The zero-order chi connectivity index (χ0) is 12.7. The van der Waals surface area contributed by atoms with Crippen molar-refractivity contribution in [2.75, 3.05) is 13.2 Å². The lowest BCUT2D eigenvalue weighted by Gasteiger charge is -2.06. The van der Waals surface area contributed by atoms with E-state index in [0.29, 0.717) is 0 Å². The Morgan fingerprint density at radius 1 is 1.41 bits per heavy atom. The molecule has 0 saturated heterocycles. The maximum absolute atomic E-state index is 12.7. The maximum atomic E-state index is 12.7. The smallest absolute Gasteiger partial charge is 0.305 e. The van der Waals surface area contributed by atoms with E-state index in [0.717, 1.165) is 6.07 Å². The number of hydrogen-bond acceptors (Lipinski definition) is 3. The molecule has 0 fully saturated rings. The molecule has 1 amide bonds. The van der Waals surface area contributed by atoms with Gasteiger partial charge < -0.3 is 15.2 Å². The van der Waals surface area contributed by atoms with Gasteiger partial charge in [-0.25, -0.2) is 4.39 Å². The third-order valence-electron chi connectivity index (χ3n) is 1.83. The summed E-state index contributed by atoms with van der Waals surface area (Å²) in [5.74, 6) is -1.64. The van der Waals surface area contributed by atoms with Crippen molar-refractivity contribution in [2.45, 2.75) is 6.42 Å². The summed E-state index contributed by atoms with van der Waals surface area (Å²) in [6.07, 6.45) is -0.147. The first-order chi connectivity index (χ1) is 8.08. The minimum absolute atomic E-state index is 0.0423. The van der Waals surface area contributed by atoms with E-state index in [9.17, 15) is 14.0 Å². The lowest BCUT2D eigenvalue weighted by Crippen LogP contribution is -2.30. The van der Waals surface area contributed by atoms with Crippen LogP contribution in [-0.4, -0.2) is 30.1 Å². The second-order valence-electron chi connectivity index (χ2n) is 3.24. The zero-order valence-electron chi connectivity index (χ0n) is 8.98. The molecular formula is C11H12FNO4. The van der Waals surface area contributed by atoms with Crippen LogP contribution in [0.5, 0.6) is 5.75 Å². The average molecular weight is 241 g/mol. The van der Waals surface area contributed by atoms with E-state index in [4.69, 9.17) is 9.84 Å². The Morgan fingerprint density at radius 2 is 2.18 bits per heavy atom. The number of rotatable bonds is 6. The number of carboxylic acids is 1. The van der Waals surface area contributed by atoms with Crippen molar-refractivity contribution in [3.05, 3.63) is 30.1 Å². The van der Waals surface area contributed by atoms with Crippen molar-refractivity contribution in [1.29, 1.82) is 0 Å². The van der Waals surface area contributed by atoms with E-state index in [2.05, 4.69) is 5.32 Å². The van der Waals surface area contributed by atoms with Gasteiger partial charge in [-0.15, -0.1) is 0 Å². The largest absolute Gasteiger partial charge is 0.484 e.